The molecule has 196 valence electrons. The molecule has 1 N–H and O–H groups in total. The van der Waals surface area contributed by atoms with Gasteiger partial charge in [0.15, 0.2) is 5.78 Å². The summed E-state index contributed by atoms with van der Waals surface area (Å²) in [7, 11) is 0. The van der Waals surface area contributed by atoms with E-state index < -0.39 is 29.5 Å². The van der Waals surface area contributed by atoms with Crippen LogP contribution in [0.3, 0.4) is 0 Å². The number of rotatable bonds is 5. The number of carbonyl (C=O) groups is 3. The summed E-state index contributed by atoms with van der Waals surface area (Å²) < 4.78 is 6.21. The lowest BCUT2D eigenvalue weighted by molar-refractivity contribution is -0.239. The maximum atomic E-state index is 12.9. The Bertz CT molecular complexity index is 918. The molecule has 0 bridgehead atoms. The first-order valence-electron chi connectivity index (χ1n) is 13.8. The fourth-order valence-corrected chi connectivity index (χ4v) is 9.90. The van der Waals surface area contributed by atoms with E-state index in [1.54, 1.807) is 6.92 Å². The highest BCUT2D eigenvalue weighted by Crippen LogP contribution is 2.73. The van der Waals surface area contributed by atoms with Crippen LogP contribution in [0.1, 0.15) is 99.8 Å². The van der Waals surface area contributed by atoms with Gasteiger partial charge in [-0.05, 0) is 86.4 Å². The smallest absolute Gasteiger partial charge is 0.308 e. The molecule has 0 spiro atoms. The molecule has 35 heavy (non-hydrogen) atoms. The summed E-state index contributed by atoms with van der Waals surface area (Å²) >= 11 is 0. The van der Waals surface area contributed by atoms with Gasteiger partial charge in [0.25, 0.3) is 0 Å². The molecule has 0 aromatic rings. The molecule has 0 heterocycles. The topological polar surface area (TPSA) is 80.7 Å². The first-order chi connectivity index (χ1) is 16.2. The summed E-state index contributed by atoms with van der Waals surface area (Å²) in [5, 5.41) is 9.83. The Hall–Kier alpha value is -1.49. The predicted molar refractivity (Wildman–Crippen MR) is 135 cm³/mol. The van der Waals surface area contributed by atoms with Gasteiger partial charge >= 0.3 is 5.97 Å². The molecule has 4 aliphatic carbocycles. The molecule has 4 unspecified atom stereocenters. The van der Waals surface area contributed by atoms with Crippen molar-refractivity contribution in [2.24, 2.45) is 45.3 Å². The molecule has 5 heteroatoms. The molecule has 4 rings (SSSR count). The SMILES string of the molecule is CC(=O)C1=CCC2[C@]3(C)CCC4C(C)(C)CCC[C@]4(C)C3C[C@@H](OC(=O)CC(C)O)[C@]2(C)[C@H]1C=O. The van der Waals surface area contributed by atoms with Crippen LogP contribution in [0.4, 0.5) is 0 Å². The number of ether oxygens (including phenoxy) is 1. The zero-order chi connectivity index (χ0) is 26.0. The normalized spacial score (nSPS) is 45.1. The Morgan fingerprint density at radius 2 is 1.74 bits per heavy atom. The first kappa shape index (κ1) is 26.6. The van der Waals surface area contributed by atoms with Gasteiger partial charge in [0.1, 0.15) is 12.4 Å². The molecule has 3 saturated carbocycles. The molecule has 0 aromatic carbocycles. The van der Waals surface area contributed by atoms with Crippen molar-refractivity contribution in [3.8, 4) is 0 Å². The third-order valence-electron chi connectivity index (χ3n) is 11.4. The minimum atomic E-state index is -0.781. The van der Waals surface area contributed by atoms with Crippen LogP contribution < -0.4 is 0 Å². The van der Waals surface area contributed by atoms with E-state index in [1.807, 2.05) is 6.08 Å². The van der Waals surface area contributed by atoms with Gasteiger partial charge < -0.3 is 14.6 Å². The summed E-state index contributed by atoms with van der Waals surface area (Å²) in [6.45, 7) is 15.0. The highest BCUT2D eigenvalue weighted by Gasteiger charge is 2.69. The van der Waals surface area contributed by atoms with Crippen LogP contribution in [0.5, 0.6) is 0 Å². The van der Waals surface area contributed by atoms with Crippen LogP contribution in [0.25, 0.3) is 0 Å². The van der Waals surface area contributed by atoms with E-state index in [0.29, 0.717) is 23.8 Å². The van der Waals surface area contributed by atoms with Gasteiger partial charge in [-0.2, -0.15) is 0 Å². The molecule has 0 radical (unpaired) electrons. The minimum absolute atomic E-state index is 0.000671. The maximum absolute atomic E-state index is 12.9. The molecule has 4 aliphatic rings. The molecule has 0 aliphatic heterocycles. The number of Topliss-reactive ketones (excluding diaryl/α,β-unsaturated/α-hetero) is 1. The number of hydrogen-bond acceptors (Lipinski definition) is 5. The number of allylic oxidation sites excluding steroid dienone is 2. The quantitative estimate of drug-likeness (QED) is 0.399. The fourth-order valence-electron chi connectivity index (χ4n) is 9.90. The zero-order valence-corrected chi connectivity index (χ0v) is 22.9. The van der Waals surface area contributed by atoms with Crippen molar-refractivity contribution in [1.29, 1.82) is 0 Å². The molecule has 5 nitrogen and oxygen atoms in total. The van der Waals surface area contributed by atoms with Crippen LogP contribution >= 0.6 is 0 Å². The fraction of sp³-hybridized carbons (Fsp3) is 0.833. The monoisotopic (exact) mass is 486 g/mol. The summed E-state index contributed by atoms with van der Waals surface area (Å²) in [6, 6.07) is 0. The van der Waals surface area contributed by atoms with Crippen LogP contribution in [-0.2, 0) is 19.1 Å². The standard InChI is InChI=1S/C30H46O5/c1-18(32)15-26(34)35-25-16-24-28(5)13-8-12-27(3,4)22(28)11-14-29(24,6)23-10-9-20(19(2)33)21(17-31)30(23,25)7/h9,17-18,21-25,32H,8,10-16H2,1-7H3/t18?,21-,22?,23?,24?,25+,28-,29-,30+/m0/s1. The van der Waals surface area contributed by atoms with Gasteiger partial charge in [0.05, 0.1) is 18.4 Å². The van der Waals surface area contributed by atoms with Crippen molar-refractivity contribution < 1.29 is 24.2 Å². The van der Waals surface area contributed by atoms with Gasteiger partial charge in [0.2, 0.25) is 0 Å². The molecule has 0 aromatic heterocycles. The third-order valence-corrected chi connectivity index (χ3v) is 11.4. The van der Waals surface area contributed by atoms with E-state index in [9.17, 15) is 19.5 Å². The van der Waals surface area contributed by atoms with Gasteiger partial charge in [-0.15, -0.1) is 0 Å². The number of aliphatic hydroxyl groups excluding tert-OH is 1. The maximum Gasteiger partial charge on any atom is 0.308 e. The molecule has 3 fully saturated rings. The third kappa shape index (κ3) is 3.95. The summed E-state index contributed by atoms with van der Waals surface area (Å²) in [5.41, 5.74) is 0.348. The van der Waals surface area contributed by atoms with Crippen LogP contribution in [-0.4, -0.2) is 35.4 Å². The highest BCUT2D eigenvalue weighted by atomic mass is 16.5. The van der Waals surface area contributed by atoms with Crippen LogP contribution in [0.2, 0.25) is 0 Å². The minimum Gasteiger partial charge on any atom is -0.462 e. The van der Waals surface area contributed by atoms with Gasteiger partial charge in [0, 0.05) is 11.0 Å². The number of hydrogen-bond donors (Lipinski definition) is 1. The van der Waals surface area contributed by atoms with E-state index in [4.69, 9.17) is 4.74 Å². The van der Waals surface area contributed by atoms with E-state index in [-0.39, 0.29) is 34.4 Å². The van der Waals surface area contributed by atoms with Crippen molar-refractivity contribution in [3.05, 3.63) is 11.6 Å². The second kappa shape index (κ2) is 8.82. The average molecular weight is 487 g/mol. The predicted octanol–water partition coefficient (Wildman–Crippen LogP) is 5.68. The zero-order valence-electron chi connectivity index (χ0n) is 22.9. The van der Waals surface area contributed by atoms with E-state index in [1.165, 1.54) is 32.6 Å². The number of carbonyl (C=O) groups excluding carboxylic acids is 3. The second-order valence-electron chi connectivity index (χ2n) is 13.7. The number of esters is 1. The van der Waals surface area contributed by atoms with Gasteiger partial charge in [-0.3, -0.25) is 9.59 Å². The lowest BCUT2D eigenvalue weighted by Gasteiger charge is -2.70. The van der Waals surface area contributed by atoms with Gasteiger partial charge in [-0.25, -0.2) is 0 Å². The Morgan fingerprint density at radius 3 is 2.34 bits per heavy atom. The first-order valence-corrected chi connectivity index (χ1v) is 13.8. The van der Waals surface area contributed by atoms with Crippen LogP contribution in [0.15, 0.2) is 11.6 Å². The Morgan fingerprint density at radius 1 is 1.09 bits per heavy atom. The summed E-state index contributed by atoms with van der Waals surface area (Å²) in [6.07, 6.45) is 9.02. The molecule has 0 amide bonds. The van der Waals surface area contributed by atoms with Crippen molar-refractivity contribution >= 4 is 18.0 Å². The summed E-state index contributed by atoms with van der Waals surface area (Å²) in [4.78, 5) is 38.1. The van der Waals surface area contributed by atoms with E-state index in [0.717, 1.165) is 19.1 Å². The average Bonchev–Trinajstić information content (AvgIpc) is 2.73. The van der Waals surface area contributed by atoms with Crippen LogP contribution in [0, 0.1) is 45.3 Å². The van der Waals surface area contributed by atoms with Crippen molar-refractivity contribution in [2.45, 2.75) is 112 Å². The number of ketones is 1. The van der Waals surface area contributed by atoms with Crippen molar-refractivity contribution in [2.75, 3.05) is 0 Å². The molecule has 9 atom stereocenters. The lowest BCUT2D eigenvalue weighted by atomic mass is 9.34. The second-order valence-corrected chi connectivity index (χ2v) is 13.7. The Balaban J connectivity index is 1.83. The summed E-state index contributed by atoms with van der Waals surface area (Å²) in [5.74, 6) is 0.0453. The number of aliphatic hydroxyl groups is 1. The number of aldehydes is 1. The lowest BCUT2D eigenvalue weighted by Crippen LogP contribution is -2.67. The highest BCUT2D eigenvalue weighted by molar-refractivity contribution is 5.97. The Labute approximate surface area is 211 Å². The number of fused-ring (bicyclic) bond motifs is 5. The molecular weight excluding hydrogens is 440 g/mol. The molecular formula is C30H46O5. The van der Waals surface area contributed by atoms with Gasteiger partial charge in [-0.1, -0.05) is 47.1 Å². The van der Waals surface area contributed by atoms with Crippen molar-refractivity contribution in [3.63, 3.8) is 0 Å². The van der Waals surface area contributed by atoms with E-state index >= 15 is 0 Å². The Kier molecular flexibility index (Phi) is 6.69. The molecule has 0 saturated heterocycles. The largest absolute Gasteiger partial charge is 0.462 e. The van der Waals surface area contributed by atoms with E-state index in [2.05, 4.69) is 34.6 Å². The van der Waals surface area contributed by atoms with Crippen molar-refractivity contribution in [1.82, 2.24) is 0 Å².